The molecular weight excluding hydrogens is 316 g/mol. The third-order valence-corrected chi connectivity index (χ3v) is 3.34. The molecule has 1 aliphatic rings. The molecule has 1 N–H and O–H groups in total. The van der Waals surface area contributed by atoms with Crippen LogP contribution >= 0.6 is 0 Å². The molecule has 0 fully saturated rings. The van der Waals surface area contributed by atoms with Gasteiger partial charge in [-0.05, 0) is 12.1 Å². The summed E-state index contributed by atoms with van der Waals surface area (Å²) in [5.41, 5.74) is 0.532. The summed E-state index contributed by atoms with van der Waals surface area (Å²) in [4.78, 5) is 33.7. The fourth-order valence-corrected chi connectivity index (χ4v) is 2.29. The van der Waals surface area contributed by atoms with Crippen molar-refractivity contribution in [3.63, 3.8) is 0 Å². The highest BCUT2D eigenvalue weighted by atomic mass is 16.6. The molecule has 2 aromatic carbocycles. The maximum Gasteiger partial charge on any atom is 0.315 e. The van der Waals surface area contributed by atoms with Crippen molar-refractivity contribution in [1.29, 1.82) is 0 Å². The second-order valence-corrected chi connectivity index (χ2v) is 5.03. The molecule has 0 unspecified atom stereocenters. The van der Waals surface area contributed by atoms with Crippen molar-refractivity contribution in [3.05, 3.63) is 58.1 Å². The van der Waals surface area contributed by atoms with E-state index in [0.29, 0.717) is 11.4 Å². The second-order valence-electron chi connectivity index (χ2n) is 5.03. The van der Waals surface area contributed by atoms with Gasteiger partial charge in [0, 0.05) is 17.7 Å². The Labute approximate surface area is 136 Å². The van der Waals surface area contributed by atoms with Gasteiger partial charge in [0.25, 0.3) is 11.6 Å². The van der Waals surface area contributed by atoms with Gasteiger partial charge in [-0.25, -0.2) is 0 Å². The van der Waals surface area contributed by atoms with E-state index in [-0.39, 0.29) is 35.9 Å². The Balaban J connectivity index is 1.73. The average molecular weight is 328 g/mol. The number of nitro benzene ring substituents is 1. The Morgan fingerprint density at radius 2 is 2.08 bits per heavy atom. The van der Waals surface area contributed by atoms with Crippen LogP contribution < -0.4 is 14.8 Å². The minimum absolute atomic E-state index is 0.0657. The number of nitro groups is 1. The first-order valence-electron chi connectivity index (χ1n) is 7.02. The van der Waals surface area contributed by atoms with Crippen molar-refractivity contribution < 1.29 is 24.0 Å². The van der Waals surface area contributed by atoms with Crippen LogP contribution in [-0.2, 0) is 16.0 Å². The molecule has 1 heterocycles. The van der Waals surface area contributed by atoms with Crippen molar-refractivity contribution in [2.75, 3.05) is 11.9 Å². The van der Waals surface area contributed by atoms with Gasteiger partial charge in [0.1, 0.15) is 11.5 Å². The molecule has 24 heavy (non-hydrogen) atoms. The zero-order valence-corrected chi connectivity index (χ0v) is 12.4. The SMILES string of the molecule is O=C1COc2ccc(OC(=O)Cc3ccccc3[N+](=O)[O-])cc2N1. The first-order chi connectivity index (χ1) is 11.5. The number of carbonyl (C=O) groups excluding carboxylic acids is 2. The fraction of sp³-hybridized carbons (Fsp3) is 0.125. The summed E-state index contributed by atoms with van der Waals surface area (Å²) in [7, 11) is 0. The molecule has 3 rings (SSSR count). The molecule has 8 heteroatoms. The number of nitrogens with zero attached hydrogens (tertiary/aromatic N) is 1. The standard InChI is InChI=1S/C16H12N2O6/c19-15-9-23-14-6-5-11(8-12(14)17-15)24-16(20)7-10-3-1-2-4-13(10)18(21)22/h1-6,8H,7,9H2,(H,17,19). The van der Waals surface area contributed by atoms with E-state index < -0.39 is 10.9 Å². The molecule has 0 saturated carbocycles. The average Bonchev–Trinajstić information content (AvgIpc) is 2.54. The molecule has 2 aromatic rings. The molecule has 0 spiro atoms. The Morgan fingerprint density at radius 1 is 1.29 bits per heavy atom. The molecule has 0 aliphatic carbocycles. The van der Waals surface area contributed by atoms with E-state index in [1.165, 1.54) is 30.3 Å². The van der Waals surface area contributed by atoms with E-state index in [1.54, 1.807) is 12.1 Å². The fourth-order valence-electron chi connectivity index (χ4n) is 2.29. The molecule has 0 aromatic heterocycles. The molecule has 0 radical (unpaired) electrons. The van der Waals surface area contributed by atoms with Crippen molar-refractivity contribution in [2.45, 2.75) is 6.42 Å². The van der Waals surface area contributed by atoms with E-state index in [4.69, 9.17) is 9.47 Å². The minimum atomic E-state index is -0.646. The number of benzene rings is 2. The van der Waals surface area contributed by atoms with E-state index in [9.17, 15) is 19.7 Å². The summed E-state index contributed by atoms with van der Waals surface area (Å²) in [5, 5.41) is 13.6. The summed E-state index contributed by atoms with van der Waals surface area (Å²) in [6.07, 6.45) is -0.239. The van der Waals surface area contributed by atoms with Crippen LogP contribution in [0, 0.1) is 10.1 Å². The number of amides is 1. The topological polar surface area (TPSA) is 108 Å². The third-order valence-electron chi connectivity index (χ3n) is 3.34. The summed E-state index contributed by atoms with van der Waals surface area (Å²) >= 11 is 0. The molecule has 0 saturated heterocycles. The Bertz CT molecular complexity index is 833. The van der Waals surface area contributed by atoms with Gasteiger partial charge < -0.3 is 14.8 Å². The van der Waals surface area contributed by atoms with E-state index in [0.717, 1.165) is 0 Å². The molecule has 122 valence electrons. The Morgan fingerprint density at radius 3 is 2.88 bits per heavy atom. The van der Waals surface area contributed by atoms with Crippen molar-refractivity contribution in [2.24, 2.45) is 0 Å². The number of hydrogen-bond acceptors (Lipinski definition) is 6. The number of anilines is 1. The van der Waals surface area contributed by atoms with Gasteiger partial charge in [-0.1, -0.05) is 18.2 Å². The lowest BCUT2D eigenvalue weighted by Gasteiger charge is -2.18. The van der Waals surface area contributed by atoms with Crippen LogP contribution in [0.25, 0.3) is 0 Å². The zero-order valence-electron chi connectivity index (χ0n) is 12.4. The number of para-hydroxylation sites is 1. The van der Waals surface area contributed by atoms with Gasteiger partial charge in [-0.3, -0.25) is 19.7 Å². The van der Waals surface area contributed by atoms with E-state index in [2.05, 4.69) is 5.32 Å². The van der Waals surface area contributed by atoms with Crippen molar-refractivity contribution in [1.82, 2.24) is 0 Å². The highest BCUT2D eigenvalue weighted by Gasteiger charge is 2.19. The van der Waals surface area contributed by atoms with Crippen molar-refractivity contribution in [3.8, 4) is 11.5 Å². The van der Waals surface area contributed by atoms with Gasteiger partial charge in [-0.2, -0.15) is 0 Å². The molecule has 1 aliphatic heterocycles. The summed E-state index contributed by atoms with van der Waals surface area (Å²) in [6, 6.07) is 10.5. The zero-order chi connectivity index (χ0) is 17.1. The summed E-state index contributed by atoms with van der Waals surface area (Å²) in [5.74, 6) is -0.255. The number of carbonyl (C=O) groups is 2. The van der Waals surface area contributed by atoms with Crippen LogP contribution in [0.15, 0.2) is 42.5 Å². The van der Waals surface area contributed by atoms with Crippen LogP contribution in [0.2, 0.25) is 0 Å². The number of ether oxygens (including phenoxy) is 2. The monoisotopic (exact) mass is 328 g/mol. The first kappa shape index (κ1) is 15.5. The number of fused-ring (bicyclic) bond motifs is 1. The number of esters is 1. The summed E-state index contributed by atoms with van der Waals surface area (Å²) < 4.78 is 10.4. The lowest BCUT2D eigenvalue weighted by atomic mass is 10.1. The predicted octanol–water partition coefficient (Wildman–Crippen LogP) is 2.07. The maximum atomic E-state index is 12.0. The predicted molar refractivity (Wildman–Crippen MR) is 83.0 cm³/mol. The van der Waals surface area contributed by atoms with E-state index in [1.807, 2.05) is 0 Å². The lowest BCUT2D eigenvalue weighted by Crippen LogP contribution is -2.25. The highest BCUT2D eigenvalue weighted by molar-refractivity contribution is 5.95. The smallest absolute Gasteiger partial charge is 0.315 e. The number of hydrogen-bond donors (Lipinski definition) is 1. The maximum absolute atomic E-state index is 12.0. The molecule has 0 bridgehead atoms. The number of rotatable bonds is 4. The van der Waals surface area contributed by atoms with Crippen LogP contribution in [-0.4, -0.2) is 23.4 Å². The van der Waals surface area contributed by atoms with Gasteiger partial charge in [0.2, 0.25) is 0 Å². The van der Waals surface area contributed by atoms with Gasteiger partial charge in [-0.15, -0.1) is 0 Å². The lowest BCUT2D eigenvalue weighted by molar-refractivity contribution is -0.385. The first-order valence-corrected chi connectivity index (χ1v) is 7.02. The van der Waals surface area contributed by atoms with Gasteiger partial charge >= 0.3 is 5.97 Å². The normalized spacial score (nSPS) is 12.6. The van der Waals surface area contributed by atoms with Crippen LogP contribution in [0.3, 0.4) is 0 Å². The van der Waals surface area contributed by atoms with E-state index >= 15 is 0 Å². The largest absolute Gasteiger partial charge is 0.482 e. The van der Waals surface area contributed by atoms with Crippen LogP contribution in [0.1, 0.15) is 5.56 Å². The molecule has 0 atom stereocenters. The second kappa shape index (κ2) is 6.37. The molecule has 1 amide bonds. The number of nitrogens with one attached hydrogen (secondary N) is 1. The minimum Gasteiger partial charge on any atom is -0.482 e. The Hall–Kier alpha value is -3.42. The van der Waals surface area contributed by atoms with Crippen LogP contribution in [0.5, 0.6) is 11.5 Å². The highest BCUT2D eigenvalue weighted by Crippen LogP contribution is 2.31. The molecular formula is C16H12N2O6. The van der Waals surface area contributed by atoms with Gasteiger partial charge in [0.15, 0.2) is 6.61 Å². The third kappa shape index (κ3) is 3.32. The van der Waals surface area contributed by atoms with Crippen molar-refractivity contribution >= 4 is 23.3 Å². The van der Waals surface area contributed by atoms with Gasteiger partial charge in [0.05, 0.1) is 17.0 Å². The Kier molecular flexibility index (Phi) is 4.11. The summed E-state index contributed by atoms with van der Waals surface area (Å²) in [6.45, 7) is -0.0657. The van der Waals surface area contributed by atoms with Crippen LogP contribution in [0.4, 0.5) is 11.4 Å². The quantitative estimate of drug-likeness (QED) is 0.398. The molecule has 8 nitrogen and oxygen atoms in total.